The van der Waals surface area contributed by atoms with Gasteiger partial charge in [-0.2, -0.15) is 0 Å². The fourth-order valence-corrected chi connectivity index (χ4v) is 1.32. The molecule has 12 heavy (non-hydrogen) atoms. The fourth-order valence-electron chi connectivity index (χ4n) is 1.32. The molecule has 2 nitrogen and oxygen atoms in total. The summed E-state index contributed by atoms with van der Waals surface area (Å²) < 4.78 is 0. The van der Waals surface area contributed by atoms with Gasteiger partial charge in [-0.1, -0.05) is 25.1 Å². The van der Waals surface area contributed by atoms with Crippen molar-refractivity contribution in [2.24, 2.45) is 0 Å². The van der Waals surface area contributed by atoms with Crippen molar-refractivity contribution in [3.8, 4) is 0 Å². The lowest BCUT2D eigenvalue weighted by atomic mass is 10.1. The molecule has 1 aromatic carbocycles. The van der Waals surface area contributed by atoms with Crippen LogP contribution in [0.1, 0.15) is 25.5 Å². The molecule has 0 amide bonds. The van der Waals surface area contributed by atoms with Crippen LogP contribution in [0.2, 0.25) is 0 Å². The first-order chi connectivity index (χ1) is 5.75. The summed E-state index contributed by atoms with van der Waals surface area (Å²) >= 11 is 0. The van der Waals surface area contributed by atoms with E-state index < -0.39 is 0 Å². The van der Waals surface area contributed by atoms with Crippen molar-refractivity contribution in [3.05, 3.63) is 29.8 Å². The zero-order valence-corrected chi connectivity index (χ0v) is 7.67. The molecule has 3 N–H and O–H groups in total. The summed E-state index contributed by atoms with van der Waals surface area (Å²) in [7, 11) is 0. The van der Waals surface area contributed by atoms with Gasteiger partial charge in [-0.25, -0.2) is 0 Å². The molecule has 0 saturated heterocycles. The molecule has 2 heteroatoms. The fraction of sp³-hybridized carbons (Fsp3) is 0.400. The third-order valence-electron chi connectivity index (χ3n) is 1.97. The van der Waals surface area contributed by atoms with Crippen molar-refractivity contribution in [2.75, 3.05) is 12.3 Å². The summed E-state index contributed by atoms with van der Waals surface area (Å²) in [5, 5.41) is 3.32. The van der Waals surface area contributed by atoms with Crippen LogP contribution in [0, 0.1) is 0 Å². The Morgan fingerprint density at radius 3 is 2.67 bits per heavy atom. The molecule has 0 heterocycles. The predicted octanol–water partition coefficient (Wildman–Crippen LogP) is 1.94. The largest absolute Gasteiger partial charge is 0.398 e. The molecule has 0 radical (unpaired) electrons. The minimum atomic E-state index is 0.344. The maximum absolute atomic E-state index is 5.81. The van der Waals surface area contributed by atoms with Gasteiger partial charge in [0.1, 0.15) is 0 Å². The van der Waals surface area contributed by atoms with Crippen LogP contribution in [-0.4, -0.2) is 6.54 Å². The molecule has 0 aliphatic heterocycles. The molecule has 1 rings (SSSR count). The van der Waals surface area contributed by atoms with Gasteiger partial charge < -0.3 is 11.1 Å². The van der Waals surface area contributed by atoms with E-state index >= 15 is 0 Å². The molecule has 0 bridgehead atoms. The summed E-state index contributed by atoms with van der Waals surface area (Å²) in [4.78, 5) is 0. The monoisotopic (exact) mass is 164 g/mol. The van der Waals surface area contributed by atoms with Crippen molar-refractivity contribution in [1.82, 2.24) is 5.32 Å². The van der Waals surface area contributed by atoms with E-state index in [1.807, 2.05) is 18.2 Å². The normalized spacial score (nSPS) is 12.8. The number of nitrogen functional groups attached to an aromatic ring is 1. The molecule has 0 fully saturated rings. The highest BCUT2D eigenvalue weighted by molar-refractivity contribution is 5.47. The lowest BCUT2D eigenvalue weighted by molar-refractivity contribution is 0.600. The molecule has 66 valence electrons. The zero-order chi connectivity index (χ0) is 8.97. The number of hydrogen-bond acceptors (Lipinski definition) is 2. The first-order valence-corrected chi connectivity index (χ1v) is 4.33. The maximum atomic E-state index is 5.81. The molecule has 0 spiro atoms. The second-order valence-corrected chi connectivity index (χ2v) is 2.91. The standard InChI is InChI=1S/C10H16N2/c1-3-12-8(2)9-6-4-5-7-10(9)11/h4-8,12H,3,11H2,1-2H3. The number of nitrogens with one attached hydrogen (secondary N) is 1. The highest BCUT2D eigenvalue weighted by atomic mass is 14.9. The average molecular weight is 164 g/mol. The van der Waals surface area contributed by atoms with E-state index in [1.165, 1.54) is 5.56 Å². The number of benzene rings is 1. The molecule has 0 aromatic heterocycles. The van der Waals surface area contributed by atoms with Gasteiger partial charge in [-0.15, -0.1) is 0 Å². The van der Waals surface area contributed by atoms with E-state index in [1.54, 1.807) is 0 Å². The van der Waals surface area contributed by atoms with Crippen molar-refractivity contribution < 1.29 is 0 Å². The Hall–Kier alpha value is -1.02. The van der Waals surface area contributed by atoms with Gasteiger partial charge in [0.05, 0.1) is 0 Å². The average Bonchev–Trinajstić information content (AvgIpc) is 2.05. The summed E-state index contributed by atoms with van der Waals surface area (Å²) in [5.74, 6) is 0. The van der Waals surface area contributed by atoms with Crippen molar-refractivity contribution in [1.29, 1.82) is 0 Å². The van der Waals surface area contributed by atoms with Crippen LogP contribution in [0.3, 0.4) is 0 Å². The molecular weight excluding hydrogens is 148 g/mol. The van der Waals surface area contributed by atoms with E-state index in [2.05, 4.69) is 25.2 Å². The van der Waals surface area contributed by atoms with Gasteiger partial charge in [-0.05, 0) is 25.1 Å². The summed E-state index contributed by atoms with van der Waals surface area (Å²) in [6, 6.07) is 8.30. The Balaban J connectivity index is 2.79. The molecule has 1 aromatic rings. The highest BCUT2D eigenvalue weighted by Crippen LogP contribution is 2.18. The second kappa shape index (κ2) is 4.12. The Bertz CT molecular complexity index is 245. The second-order valence-electron chi connectivity index (χ2n) is 2.91. The lowest BCUT2D eigenvalue weighted by Crippen LogP contribution is -2.18. The van der Waals surface area contributed by atoms with Crippen LogP contribution in [-0.2, 0) is 0 Å². The van der Waals surface area contributed by atoms with Crippen LogP contribution in [0.5, 0.6) is 0 Å². The summed E-state index contributed by atoms with van der Waals surface area (Å²) in [5.41, 5.74) is 7.86. The minimum absolute atomic E-state index is 0.344. The zero-order valence-electron chi connectivity index (χ0n) is 7.67. The van der Waals surface area contributed by atoms with E-state index in [-0.39, 0.29) is 0 Å². The number of nitrogens with two attached hydrogens (primary N) is 1. The van der Waals surface area contributed by atoms with E-state index in [9.17, 15) is 0 Å². The number of rotatable bonds is 3. The van der Waals surface area contributed by atoms with E-state index in [4.69, 9.17) is 5.73 Å². The Labute approximate surface area is 73.8 Å². The Morgan fingerprint density at radius 2 is 2.08 bits per heavy atom. The van der Waals surface area contributed by atoms with Crippen LogP contribution in [0.15, 0.2) is 24.3 Å². The van der Waals surface area contributed by atoms with Gasteiger partial charge in [0.25, 0.3) is 0 Å². The molecule has 1 atom stereocenters. The maximum Gasteiger partial charge on any atom is 0.0362 e. The van der Waals surface area contributed by atoms with Crippen LogP contribution < -0.4 is 11.1 Å². The van der Waals surface area contributed by atoms with Gasteiger partial charge in [0, 0.05) is 11.7 Å². The molecular formula is C10H16N2. The molecule has 1 unspecified atom stereocenters. The first-order valence-electron chi connectivity index (χ1n) is 4.33. The topological polar surface area (TPSA) is 38.0 Å². The Morgan fingerprint density at radius 1 is 1.42 bits per heavy atom. The molecule has 0 aliphatic rings. The van der Waals surface area contributed by atoms with Crippen molar-refractivity contribution in [2.45, 2.75) is 19.9 Å². The summed E-state index contributed by atoms with van der Waals surface area (Å²) in [6.07, 6.45) is 0. The minimum Gasteiger partial charge on any atom is -0.398 e. The molecule has 0 aliphatic carbocycles. The van der Waals surface area contributed by atoms with Crippen molar-refractivity contribution in [3.63, 3.8) is 0 Å². The van der Waals surface area contributed by atoms with Crippen molar-refractivity contribution >= 4 is 5.69 Å². The summed E-state index contributed by atoms with van der Waals surface area (Å²) in [6.45, 7) is 5.18. The quantitative estimate of drug-likeness (QED) is 0.670. The van der Waals surface area contributed by atoms with Gasteiger partial charge >= 0.3 is 0 Å². The third-order valence-corrected chi connectivity index (χ3v) is 1.97. The van der Waals surface area contributed by atoms with Gasteiger partial charge in [0.2, 0.25) is 0 Å². The van der Waals surface area contributed by atoms with Gasteiger partial charge in [0.15, 0.2) is 0 Å². The molecule has 0 saturated carbocycles. The Kier molecular flexibility index (Phi) is 3.11. The third kappa shape index (κ3) is 1.98. The highest BCUT2D eigenvalue weighted by Gasteiger charge is 2.05. The number of para-hydroxylation sites is 1. The first kappa shape index (κ1) is 9.07. The van der Waals surface area contributed by atoms with Crippen LogP contribution >= 0.6 is 0 Å². The van der Waals surface area contributed by atoms with Crippen LogP contribution in [0.25, 0.3) is 0 Å². The van der Waals surface area contributed by atoms with E-state index in [0.717, 1.165) is 12.2 Å². The lowest BCUT2D eigenvalue weighted by Gasteiger charge is -2.14. The SMILES string of the molecule is CCNC(C)c1ccccc1N. The predicted molar refractivity (Wildman–Crippen MR) is 52.9 cm³/mol. The van der Waals surface area contributed by atoms with Crippen LogP contribution in [0.4, 0.5) is 5.69 Å². The van der Waals surface area contributed by atoms with Gasteiger partial charge in [-0.3, -0.25) is 0 Å². The number of hydrogen-bond donors (Lipinski definition) is 2. The smallest absolute Gasteiger partial charge is 0.0362 e. The van der Waals surface area contributed by atoms with E-state index in [0.29, 0.717) is 6.04 Å². The number of anilines is 1.